The summed E-state index contributed by atoms with van der Waals surface area (Å²) in [5, 5.41) is 24.6. The average Bonchev–Trinajstić information content (AvgIpc) is 2.60. The number of aliphatic hydroxyl groups excluding tert-OH is 1. The monoisotopic (exact) mass is 389 g/mol. The van der Waals surface area contributed by atoms with Gasteiger partial charge in [-0.05, 0) is 5.92 Å². The van der Waals surface area contributed by atoms with Gasteiger partial charge in [-0.25, -0.2) is 4.79 Å². The van der Waals surface area contributed by atoms with Gasteiger partial charge in [-0.15, -0.1) is 0 Å². The van der Waals surface area contributed by atoms with Crippen LogP contribution in [0.4, 0.5) is 0 Å². The van der Waals surface area contributed by atoms with E-state index in [1.165, 1.54) is 0 Å². The maximum Gasteiger partial charge on any atom is 0.328 e. The van der Waals surface area contributed by atoms with Crippen molar-refractivity contribution in [2.75, 3.05) is 13.2 Å². The normalized spacial score (nSPS) is 15.0. The first-order chi connectivity index (χ1) is 12.5. The number of aliphatic hydroxyl groups is 1. The number of carboxylic acids is 1. The Hall–Kier alpha value is -2.73. The van der Waals surface area contributed by atoms with Gasteiger partial charge in [0.25, 0.3) is 0 Å². The molecular weight excluding hydrogens is 362 g/mol. The van der Waals surface area contributed by atoms with Crippen LogP contribution in [0.25, 0.3) is 0 Å². The van der Waals surface area contributed by atoms with Gasteiger partial charge in [0, 0.05) is 0 Å². The van der Waals surface area contributed by atoms with Crippen molar-refractivity contribution < 1.29 is 34.2 Å². The summed E-state index contributed by atoms with van der Waals surface area (Å²) in [7, 11) is 0. The van der Waals surface area contributed by atoms with Gasteiger partial charge in [-0.1, -0.05) is 20.3 Å². The van der Waals surface area contributed by atoms with Gasteiger partial charge in [0.1, 0.15) is 12.1 Å². The zero-order valence-corrected chi connectivity index (χ0v) is 15.2. The van der Waals surface area contributed by atoms with Crippen LogP contribution >= 0.6 is 0 Å². The maximum atomic E-state index is 12.3. The predicted molar refractivity (Wildman–Crippen MR) is 92.8 cm³/mol. The number of primary amides is 1. The summed E-state index contributed by atoms with van der Waals surface area (Å²) >= 11 is 0. The SMILES string of the molecule is CCC(C)C(NC(=O)CNC(=O)C(N)CC(N)=O)C(=O)NC(CO)C(=O)O. The predicted octanol–water partition coefficient (Wildman–Crippen LogP) is -3.60. The van der Waals surface area contributed by atoms with Gasteiger partial charge in [0.2, 0.25) is 23.6 Å². The van der Waals surface area contributed by atoms with Crippen LogP contribution < -0.4 is 27.4 Å². The molecule has 9 N–H and O–H groups in total. The maximum absolute atomic E-state index is 12.3. The molecule has 0 aliphatic carbocycles. The van der Waals surface area contributed by atoms with Crippen LogP contribution in [0.1, 0.15) is 26.7 Å². The van der Waals surface area contributed by atoms with E-state index in [1.54, 1.807) is 13.8 Å². The van der Waals surface area contributed by atoms with Crippen molar-refractivity contribution >= 4 is 29.6 Å². The molecule has 0 aliphatic rings. The van der Waals surface area contributed by atoms with E-state index in [0.717, 1.165) is 0 Å². The van der Waals surface area contributed by atoms with Crippen LogP contribution in [-0.2, 0) is 24.0 Å². The third kappa shape index (κ3) is 8.96. The molecule has 0 aliphatic heterocycles. The quantitative estimate of drug-likeness (QED) is 0.176. The molecule has 4 amide bonds. The topological polar surface area (TPSA) is 214 Å². The lowest BCUT2D eigenvalue weighted by Crippen LogP contribution is -2.56. The molecule has 154 valence electrons. The molecule has 0 saturated heterocycles. The van der Waals surface area contributed by atoms with Crippen molar-refractivity contribution in [3.05, 3.63) is 0 Å². The third-order valence-electron chi connectivity index (χ3n) is 3.79. The van der Waals surface area contributed by atoms with Crippen LogP contribution in [0.15, 0.2) is 0 Å². The van der Waals surface area contributed by atoms with E-state index in [4.69, 9.17) is 21.7 Å². The number of carbonyl (C=O) groups is 5. The smallest absolute Gasteiger partial charge is 0.328 e. The Balaban J connectivity index is 4.83. The summed E-state index contributed by atoms with van der Waals surface area (Å²) in [5.41, 5.74) is 10.4. The second-order valence-corrected chi connectivity index (χ2v) is 6.01. The van der Waals surface area contributed by atoms with E-state index in [-0.39, 0.29) is 12.3 Å². The van der Waals surface area contributed by atoms with Crippen molar-refractivity contribution in [3.63, 3.8) is 0 Å². The summed E-state index contributed by atoms with van der Waals surface area (Å²) in [4.78, 5) is 57.6. The third-order valence-corrected chi connectivity index (χ3v) is 3.79. The summed E-state index contributed by atoms with van der Waals surface area (Å²) in [6.07, 6.45) is 0.105. The van der Waals surface area contributed by atoms with Gasteiger partial charge in [-0.2, -0.15) is 0 Å². The second kappa shape index (κ2) is 11.8. The van der Waals surface area contributed by atoms with Crippen LogP contribution in [0.3, 0.4) is 0 Å². The highest BCUT2D eigenvalue weighted by Crippen LogP contribution is 2.08. The van der Waals surface area contributed by atoms with Crippen molar-refractivity contribution in [2.24, 2.45) is 17.4 Å². The van der Waals surface area contributed by atoms with Gasteiger partial charge < -0.3 is 37.6 Å². The van der Waals surface area contributed by atoms with Crippen LogP contribution in [0.5, 0.6) is 0 Å². The number of aliphatic carboxylic acids is 1. The highest BCUT2D eigenvalue weighted by atomic mass is 16.4. The first-order valence-corrected chi connectivity index (χ1v) is 8.28. The summed E-state index contributed by atoms with van der Waals surface area (Å²) < 4.78 is 0. The van der Waals surface area contributed by atoms with Crippen LogP contribution in [-0.4, -0.2) is 71.1 Å². The molecule has 0 rings (SSSR count). The minimum Gasteiger partial charge on any atom is -0.480 e. The fourth-order valence-corrected chi connectivity index (χ4v) is 1.98. The molecule has 4 unspecified atom stereocenters. The number of hydrogen-bond acceptors (Lipinski definition) is 7. The zero-order valence-electron chi connectivity index (χ0n) is 15.2. The second-order valence-electron chi connectivity index (χ2n) is 6.01. The fourth-order valence-electron chi connectivity index (χ4n) is 1.98. The molecule has 0 aromatic heterocycles. The number of amides is 4. The number of hydrogen-bond donors (Lipinski definition) is 7. The number of carboxylic acid groups (broad SMARTS) is 1. The van der Waals surface area contributed by atoms with E-state index < -0.39 is 60.9 Å². The summed E-state index contributed by atoms with van der Waals surface area (Å²) in [5.74, 6) is -4.81. The average molecular weight is 389 g/mol. The first kappa shape index (κ1) is 24.3. The van der Waals surface area contributed by atoms with E-state index >= 15 is 0 Å². The number of rotatable bonds is 12. The molecule has 12 heteroatoms. The van der Waals surface area contributed by atoms with Gasteiger partial charge in [0.05, 0.1) is 25.6 Å². The Morgan fingerprint density at radius 2 is 1.67 bits per heavy atom. The standard InChI is InChI=1S/C15H27N5O7/c1-3-7(2)12(14(25)19-9(6-21)15(26)27)20-11(23)5-18-13(24)8(16)4-10(17)22/h7-9,12,21H,3-6,16H2,1-2H3,(H2,17,22)(H,18,24)(H,19,25)(H,20,23)(H,26,27). The van der Waals surface area contributed by atoms with Gasteiger partial charge in [0.15, 0.2) is 0 Å². The Labute approximate surface area is 156 Å². The highest BCUT2D eigenvalue weighted by molar-refractivity contribution is 5.93. The molecule has 0 aromatic carbocycles. The lowest BCUT2D eigenvalue weighted by Gasteiger charge is -2.25. The molecule has 0 fully saturated rings. The van der Waals surface area contributed by atoms with E-state index in [0.29, 0.717) is 6.42 Å². The fraction of sp³-hybridized carbons (Fsp3) is 0.667. The van der Waals surface area contributed by atoms with E-state index in [1.807, 2.05) is 0 Å². The van der Waals surface area contributed by atoms with Crippen molar-refractivity contribution in [1.82, 2.24) is 16.0 Å². The zero-order chi connectivity index (χ0) is 21.1. The number of nitrogens with two attached hydrogens (primary N) is 2. The van der Waals surface area contributed by atoms with Gasteiger partial charge >= 0.3 is 5.97 Å². The molecule has 0 saturated carbocycles. The van der Waals surface area contributed by atoms with E-state index in [9.17, 15) is 24.0 Å². The lowest BCUT2D eigenvalue weighted by molar-refractivity contribution is -0.143. The number of nitrogens with one attached hydrogen (secondary N) is 3. The molecular formula is C15H27N5O7. The number of carbonyl (C=O) groups excluding carboxylic acids is 4. The van der Waals surface area contributed by atoms with Crippen molar-refractivity contribution in [2.45, 2.75) is 44.8 Å². The highest BCUT2D eigenvalue weighted by Gasteiger charge is 2.29. The van der Waals surface area contributed by atoms with Crippen LogP contribution in [0.2, 0.25) is 0 Å². The molecule has 0 bridgehead atoms. The van der Waals surface area contributed by atoms with E-state index in [2.05, 4.69) is 16.0 Å². The molecule has 12 nitrogen and oxygen atoms in total. The molecule has 0 aromatic rings. The Kier molecular flexibility index (Phi) is 10.6. The summed E-state index contributed by atoms with van der Waals surface area (Å²) in [6, 6.07) is -3.79. The first-order valence-electron chi connectivity index (χ1n) is 8.28. The van der Waals surface area contributed by atoms with Gasteiger partial charge in [-0.3, -0.25) is 19.2 Å². The van der Waals surface area contributed by atoms with Crippen LogP contribution in [0, 0.1) is 5.92 Å². The Morgan fingerprint density at radius 3 is 2.11 bits per heavy atom. The lowest BCUT2D eigenvalue weighted by atomic mass is 9.98. The molecule has 0 heterocycles. The van der Waals surface area contributed by atoms with Crippen molar-refractivity contribution in [3.8, 4) is 0 Å². The molecule has 0 spiro atoms. The largest absolute Gasteiger partial charge is 0.480 e. The Bertz CT molecular complexity index is 569. The Morgan fingerprint density at radius 1 is 1.07 bits per heavy atom. The molecule has 27 heavy (non-hydrogen) atoms. The molecule has 4 atom stereocenters. The minimum atomic E-state index is -1.51. The summed E-state index contributed by atoms with van der Waals surface area (Å²) in [6.45, 7) is 2.12. The van der Waals surface area contributed by atoms with Crippen molar-refractivity contribution in [1.29, 1.82) is 0 Å². The molecule has 0 radical (unpaired) electrons. The minimum absolute atomic E-state index is 0.352.